The molecule has 0 amide bonds. The molecular formula is C11H19NO4. The smallest absolute Gasteiger partial charge is 0.320 e. The van der Waals surface area contributed by atoms with E-state index in [1.807, 2.05) is 0 Å². The highest BCUT2D eigenvalue weighted by molar-refractivity contribution is 5.73. The van der Waals surface area contributed by atoms with Crippen molar-refractivity contribution >= 4 is 5.97 Å². The van der Waals surface area contributed by atoms with Crippen molar-refractivity contribution in [2.45, 2.75) is 43.9 Å². The minimum Gasteiger partial charge on any atom is -0.480 e. The maximum atomic E-state index is 10.9. The minimum absolute atomic E-state index is 0.162. The largest absolute Gasteiger partial charge is 0.480 e. The average molecular weight is 229 g/mol. The molecule has 1 saturated carbocycles. The molecule has 5 heteroatoms. The van der Waals surface area contributed by atoms with Gasteiger partial charge in [0.05, 0.1) is 12.7 Å². The van der Waals surface area contributed by atoms with Gasteiger partial charge < -0.3 is 19.9 Å². The molecule has 1 aliphatic carbocycles. The van der Waals surface area contributed by atoms with E-state index >= 15 is 0 Å². The molecule has 2 aliphatic rings. The molecular weight excluding hydrogens is 210 g/mol. The normalized spacial score (nSPS) is 26.9. The first-order chi connectivity index (χ1) is 7.75. The lowest BCUT2D eigenvalue weighted by molar-refractivity contribution is -0.140. The fraction of sp³-hybridized carbons (Fsp3) is 0.909. The molecule has 0 spiro atoms. The number of aliphatic carboxylic acids is 1. The highest BCUT2D eigenvalue weighted by atomic mass is 16.5. The molecule has 92 valence electrons. The van der Waals surface area contributed by atoms with Gasteiger partial charge in [0.15, 0.2) is 0 Å². The molecule has 1 saturated heterocycles. The maximum Gasteiger partial charge on any atom is 0.320 e. The Balaban J connectivity index is 1.62. The van der Waals surface area contributed by atoms with E-state index in [4.69, 9.17) is 14.6 Å². The Morgan fingerprint density at radius 1 is 1.50 bits per heavy atom. The van der Waals surface area contributed by atoms with Gasteiger partial charge in [-0.2, -0.15) is 0 Å². The van der Waals surface area contributed by atoms with Crippen LogP contribution in [0.3, 0.4) is 0 Å². The summed E-state index contributed by atoms with van der Waals surface area (Å²) in [5.74, 6) is -0.779. The number of carboxylic acid groups (broad SMARTS) is 1. The van der Waals surface area contributed by atoms with Crippen molar-refractivity contribution in [1.82, 2.24) is 5.32 Å². The van der Waals surface area contributed by atoms with Gasteiger partial charge in [0.2, 0.25) is 0 Å². The number of rotatable bonds is 7. The lowest BCUT2D eigenvalue weighted by atomic mass is 10.2. The number of nitrogens with one attached hydrogen (secondary N) is 1. The van der Waals surface area contributed by atoms with Gasteiger partial charge in [-0.05, 0) is 25.7 Å². The first kappa shape index (κ1) is 11.8. The third-order valence-electron chi connectivity index (χ3n) is 2.96. The topological polar surface area (TPSA) is 67.8 Å². The van der Waals surface area contributed by atoms with Gasteiger partial charge in [-0.15, -0.1) is 0 Å². The first-order valence-corrected chi connectivity index (χ1v) is 5.94. The second-order valence-corrected chi connectivity index (χ2v) is 4.48. The standard InChI is InChI=1S/C11H19NO4/c13-11(14)10(12-8-1-2-8)4-6-16-9-3-5-15-7-9/h8-10,12H,1-7H2,(H,13,14). The van der Waals surface area contributed by atoms with E-state index in [1.54, 1.807) is 0 Å². The van der Waals surface area contributed by atoms with Crippen molar-refractivity contribution in [3.05, 3.63) is 0 Å². The van der Waals surface area contributed by atoms with Crippen molar-refractivity contribution in [2.75, 3.05) is 19.8 Å². The first-order valence-electron chi connectivity index (χ1n) is 5.94. The number of hydrogen-bond donors (Lipinski definition) is 2. The summed E-state index contributed by atoms with van der Waals surface area (Å²) < 4.78 is 10.7. The van der Waals surface area contributed by atoms with Crippen LogP contribution in [-0.2, 0) is 14.3 Å². The van der Waals surface area contributed by atoms with Gasteiger partial charge in [-0.25, -0.2) is 0 Å². The summed E-state index contributed by atoms with van der Waals surface area (Å²) in [6.07, 6.45) is 3.81. The Hall–Kier alpha value is -0.650. The third-order valence-corrected chi connectivity index (χ3v) is 2.96. The summed E-state index contributed by atoms with van der Waals surface area (Å²) in [6.45, 7) is 1.89. The van der Waals surface area contributed by atoms with Crippen LogP contribution in [0.25, 0.3) is 0 Å². The lowest BCUT2D eigenvalue weighted by Crippen LogP contribution is -2.39. The molecule has 0 aromatic rings. The zero-order valence-electron chi connectivity index (χ0n) is 9.35. The quantitative estimate of drug-likeness (QED) is 0.661. The van der Waals surface area contributed by atoms with Crippen LogP contribution in [0.15, 0.2) is 0 Å². The van der Waals surface area contributed by atoms with Crippen LogP contribution >= 0.6 is 0 Å². The van der Waals surface area contributed by atoms with E-state index in [-0.39, 0.29) is 6.10 Å². The minimum atomic E-state index is -0.779. The molecule has 16 heavy (non-hydrogen) atoms. The van der Waals surface area contributed by atoms with Gasteiger partial charge in [0.1, 0.15) is 6.04 Å². The fourth-order valence-electron chi connectivity index (χ4n) is 1.81. The fourth-order valence-corrected chi connectivity index (χ4v) is 1.81. The molecule has 5 nitrogen and oxygen atoms in total. The van der Waals surface area contributed by atoms with Gasteiger partial charge in [-0.3, -0.25) is 4.79 Å². The van der Waals surface area contributed by atoms with Gasteiger partial charge in [0.25, 0.3) is 0 Å². The molecule has 1 aliphatic heterocycles. The Morgan fingerprint density at radius 2 is 2.31 bits per heavy atom. The molecule has 2 fully saturated rings. The van der Waals surface area contributed by atoms with Crippen molar-refractivity contribution < 1.29 is 19.4 Å². The van der Waals surface area contributed by atoms with Crippen LogP contribution in [0.2, 0.25) is 0 Å². The van der Waals surface area contributed by atoms with Crippen molar-refractivity contribution in [3.8, 4) is 0 Å². The van der Waals surface area contributed by atoms with Crippen LogP contribution in [0.4, 0.5) is 0 Å². The van der Waals surface area contributed by atoms with E-state index < -0.39 is 12.0 Å². The number of carboxylic acids is 1. The predicted octanol–water partition coefficient (Wildman–Crippen LogP) is 0.387. The van der Waals surface area contributed by atoms with E-state index in [0.717, 1.165) is 25.9 Å². The molecule has 0 bridgehead atoms. The molecule has 1 heterocycles. The maximum absolute atomic E-state index is 10.9. The Labute approximate surface area is 95.1 Å². The Morgan fingerprint density at radius 3 is 2.88 bits per heavy atom. The molecule has 2 rings (SSSR count). The second-order valence-electron chi connectivity index (χ2n) is 4.48. The van der Waals surface area contributed by atoms with E-state index in [2.05, 4.69) is 5.32 Å². The Bertz CT molecular complexity index is 236. The lowest BCUT2D eigenvalue weighted by Gasteiger charge is -2.15. The molecule has 0 radical (unpaired) electrons. The number of hydrogen-bond acceptors (Lipinski definition) is 4. The third kappa shape index (κ3) is 3.73. The van der Waals surface area contributed by atoms with Crippen LogP contribution < -0.4 is 5.32 Å². The molecule has 0 aromatic heterocycles. The summed E-state index contributed by atoms with van der Waals surface area (Å²) in [5, 5.41) is 12.1. The number of ether oxygens (including phenoxy) is 2. The highest BCUT2D eigenvalue weighted by Gasteiger charge is 2.28. The molecule has 2 unspecified atom stereocenters. The highest BCUT2D eigenvalue weighted by Crippen LogP contribution is 2.20. The van der Waals surface area contributed by atoms with Gasteiger partial charge >= 0.3 is 5.97 Å². The molecule has 0 aromatic carbocycles. The zero-order valence-corrected chi connectivity index (χ0v) is 9.35. The SMILES string of the molecule is O=C(O)C(CCOC1CCOC1)NC1CC1. The van der Waals surface area contributed by atoms with Crippen LogP contribution in [0, 0.1) is 0 Å². The summed E-state index contributed by atoms with van der Waals surface area (Å²) in [5.41, 5.74) is 0. The van der Waals surface area contributed by atoms with Crippen molar-refractivity contribution in [3.63, 3.8) is 0 Å². The van der Waals surface area contributed by atoms with Crippen LogP contribution in [0.5, 0.6) is 0 Å². The Kier molecular flexibility index (Phi) is 4.15. The van der Waals surface area contributed by atoms with E-state index in [0.29, 0.717) is 25.7 Å². The van der Waals surface area contributed by atoms with E-state index in [9.17, 15) is 4.79 Å². The van der Waals surface area contributed by atoms with Crippen LogP contribution in [0.1, 0.15) is 25.7 Å². The van der Waals surface area contributed by atoms with Crippen LogP contribution in [-0.4, -0.2) is 49.1 Å². The second kappa shape index (κ2) is 5.61. The van der Waals surface area contributed by atoms with Gasteiger partial charge in [0, 0.05) is 19.3 Å². The van der Waals surface area contributed by atoms with Gasteiger partial charge in [-0.1, -0.05) is 0 Å². The summed E-state index contributed by atoms with van der Waals surface area (Å²) in [7, 11) is 0. The molecule has 2 atom stereocenters. The van der Waals surface area contributed by atoms with E-state index in [1.165, 1.54) is 0 Å². The number of carbonyl (C=O) groups is 1. The zero-order chi connectivity index (χ0) is 11.4. The summed E-state index contributed by atoms with van der Waals surface area (Å²) in [4.78, 5) is 10.9. The van der Waals surface area contributed by atoms with Crippen molar-refractivity contribution in [1.29, 1.82) is 0 Å². The average Bonchev–Trinajstić information content (AvgIpc) is 2.91. The summed E-state index contributed by atoms with van der Waals surface area (Å²) in [6, 6.07) is -0.0502. The molecule has 2 N–H and O–H groups in total. The monoisotopic (exact) mass is 229 g/mol. The predicted molar refractivity (Wildman–Crippen MR) is 57.4 cm³/mol. The van der Waals surface area contributed by atoms with Crippen molar-refractivity contribution in [2.24, 2.45) is 0 Å². The summed E-state index contributed by atoms with van der Waals surface area (Å²) >= 11 is 0.